The van der Waals surface area contributed by atoms with E-state index in [1.54, 1.807) is 29.9 Å². The number of nitrogens with one attached hydrogen (secondary N) is 1. The molecule has 0 bridgehead atoms. The van der Waals surface area contributed by atoms with E-state index in [0.717, 1.165) is 34.2 Å². The van der Waals surface area contributed by atoms with E-state index in [2.05, 4.69) is 25.3 Å². The summed E-state index contributed by atoms with van der Waals surface area (Å²) in [6, 6.07) is 5.81. The van der Waals surface area contributed by atoms with Gasteiger partial charge in [-0.1, -0.05) is 6.07 Å². The Morgan fingerprint density at radius 3 is 2.78 bits per heavy atom. The fourth-order valence-corrected chi connectivity index (χ4v) is 3.53. The molecule has 0 atom stereocenters. The highest BCUT2D eigenvalue weighted by molar-refractivity contribution is 7.15. The number of anilines is 2. The molecule has 1 saturated carbocycles. The third-order valence-corrected chi connectivity index (χ3v) is 4.99. The van der Waals surface area contributed by atoms with Crippen LogP contribution in [0.15, 0.2) is 43.0 Å². The maximum atomic E-state index is 9.43. The van der Waals surface area contributed by atoms with Crippen LogP contribution in [0.5, 0.6) is 0 Å². The third-order valence-electron chi connectivity index (χ3n) is 3.81. The fourth-order valence-electron chi connectivity index (χ4n) is 2.52. The average molecular weight is 325 g/mol. The number of pyridine rings is 1. The van der Waals surface area contributed by atoms with Crippen molar-refractivity contribution >= 4 is 23.0 Å². The molecule has 0 aliphatic heterocycles. The van der Waals surface area contributed by atoms with Gasteiger partial charge in [-0.25, -0.2) is 15.0 Å². The van der Waals surface area contributed by atoms with Gasteiger partial charge in [0, 0.05) is 24.5 Å². The van der Waals surface area contributed by atoms with E-state index in [9.17, 15) is 5.11 Å². The van der Waals surface area contributed by atoms with Crippen LogP contribution in [0.3, 0.4) is 0 Å². The van der Waals surface area contributed by atoms with Crippen molar-refractivity contribution in [1.29, 1.82) is 0 Å². The molecule has 7 heteroatoms. The molecule has 2 N–H and O–H groups in total. The van der Waals surface area contributed by atoms with Crippen LogP contribution >= 0.6 is 11.3 Å². The molecule has 23 heavy (non-hydrogen) atoms. The smallest absolute Gasteiger partial charge is 0.150 e. The number of aliphatic hydroxyl groups is 1. The maximum absolute atomic E-state index is 9.43. The van der Waals surface area contributed by atoms with E-state index in [1.807, 2.05) is 24.4 Å². The summed E-state index contributed by atoms with van der Waals surface area (Å²) in [4.78, 5) is 18.3. The Labute approximate surface area is 137 Å². The first-order chi connectivity index (χ1) is 11.3. The van der Waals surface area contributed by atoms with Crippen LogP contribution in [0, 0.1) is 0 Å². The molecule has 0 saturated heterocycles. The Kier molecular flexibility index (Phi) is 3.72. The van der Waals surface area contributed by atoms with Crippen LogP contribution in [-0.4, -0.2) is 31.1 Å². The van der Waals surface area contributed by atoms with Gasteiger partial charge in [0.2, 0.25) is 0 Å². The Morgan fingerprint density at radius 1 is 1.09 bits per heavy atom. The molecule has 0 unspecified atom stereocenters. The largest absolute Gasteiger partial charge is 0.393 e. The SMILES string of the molecule is OC1CC(c2ncc(-c3cccc(Nc4cnccn4)n3)s2)C1. The fraction of sp³-hybridized carbons (Fsp3) is 0.250. The zero-order valence-electron chi connectivity index (χ0n) is 12.3. The second kappa shape index (κ2) is 6.02. The van der Waals surface area contributed by atoms with Gasteiger partial charge in [-0.3, -0.25) is 4.98 Å². The Hall–Kier alpha value is -2.38. The minimum absolute atomic E-state index is 0.162. The standard InChI is InChI=1S/C16H15N5OS/c22-11-6-10(7-11)16-19-8-13(23-16)12-2-1-3-14(20-12)21-15-9-17-4-5-18-15/h1-5,8-11,22H,6-7H2,(H,18,20,21). The predicted molar refractivity (Wildman–Crippen MR) is 88.6 cm³/mol. The summed E-state index contributed by atoms with van der Waals surface area (Å²) in [7, 11) is 0. The lowest BCUT2D eigenvalue weighted by molar-refractivity contribution is 0.0745. The minimum Gasteiger partial charge on any atom is -0.393 e. The molecule has 1 aliphatic rings. The Morgan fingerprint density at radius 2 is 2.00 bits per heavy atom. The molecule has 1 aliphatic carbocycles. The quantitative estimate of drug-likeness (QED) is 0.767. The molecule has 0 aromatic carbocycles. The van der Waals surface area contributed by atoms with Crippen molar-refractivity contribution in [2.24, 2.45) is 0 Å². The molecule has 1 fully saturated rings. The van der Waals surface area contributed by atoms with E-state index in [4.69, 9.17) is 0 Å². The molecule has 0 radical (unpaired) electrons. The molecular weight excluding hydrogens is 310 g/mol. The summed E-state index contributed by atoms with van der Waals surface area (Å²) in [6.07, 6.45) is 8.24. The van der Waals surface area contributed by atoms with Crippen LogP contribution in [0.4, 0.5) is 11.6 Å². The molecule has 3 aromatic rings. The highest BCUT2D eigenvalue weighted by Gasteiger charge is 2.30. The molecule has 6 nitrogen and oxygen atoms in total. The van der Waals surface area contributed by atoms with Gasteiger partial charge in [0.15, 0.2) is 0 Å². The van der Waals surface area contributed by atoms with Gasteiger partial charge >= 0.3 is 0 Å². The number of aliphatic hydroxyl groups excluding tert-OH is 1. The molecule has 0 spiro atoms. The van der Waals surface area contributed by atoms with Gasteiger partial charge in [-0.05, 0) is 25.0 Å². The Balaban J connectivity index is 1.54. The normalized spacial score (nSPS) is 20.0. The molecule has 3 aromatic heterocycles. The first-order valence-electron chi connectivity index (χ1n) is 7.42. The lowest BCUT2D eigenvalue weighted by atomic mass is 9.83. The van der Waals surface area contributed by atoms with Crippen LogP contribution in [0.2, 0.25) is 0 Å². The molecule has 116 valence electrons. The van der Waals surface area contributed by atoms with Crippen molar-refractivity contribution in [2.75, 3.05) is 5.32 Å². The zero-order valence-corrected chi connectivity index (χ0v) is 13.1. The predicted octanol–water partition coefficient (Wildman–Crippen LogP) is 2.98. The van der Waals surface area contributed by atoms with Crippen LogP contribution in [0.25, 0.3) is 10.6 Å². The summed E-state index contributed by atoms with van der Waals surface area (Å²) in [5.41, 5.74) is 0.877. The van der Waals surface area contributed by atoms with Crippen molar-refractivity contribution in [2.45, 2.75) is 24.9 Å². The average Bonchev–Trinajstić information content (AvgIpc) is 3.03. The Bertz CT molecular complexity index is 801. The van der Waals surface area contributed by atoms with Gasteiger partial charge in [-0.2, -0.15) is 0 Å². The summed E-state index contributed by atoms with van der Waals surface area (Å²) in [6.45, 7) is 0. The van der Waals surface area contributed by atoms with Crippen molar-refractivity contribution in [3.63, 3.8) is 0 Å². The van der Waals surface area contributed by atoms with Gasteiger partial charge in [0.1, 0.15) is 11.6 Å². The topological polar surface area (TPSA) is 83.8 Å². The number of rotatable bonds is 4. The monoisotopic (exact) mass is 325 g/mol. The van der Waals surface area contributed by atoms with Gasteiger partial charge < -0.3 is 10.4 Å². The second-order valence-corrected chi connectivity index (χ2v) is 6.57. The first-order valence-corrected chi connectivity index (χ1v) is 8.24. The number of aromatic nitrogens is 4. The second-order valence-electron chi connectivity index (χ2n) is 5.51. The summed E-state index contributed by atoms with van der Waals surface area (Å²) < 4.78 is 0. The number of hydrogen-bond donors (Lipinski definition) is 2. The van der Waals surface area contributed by atoms with Crippen molar-refractivity contribution in [3.05, 3.63) is 48.0 Å². The van der Waals surface area contributed by atoms with Gasteiger partial charge in [-0.15, -0.1) is 11.3 Å². The maximum Gasteiger partial charge on any atom is 0.150 e. The van der Waals surface area contributed by atoms with Crippen LogP contribution in [0.1, 0.15) is 23.8 Å². The number of thiazole rings is 1. The summed E-state index contributed by atoms with van der Waals surface area (Å²) in [5, 5.41) is 13.6. The van der Waals surface area contributed by atoms with E-state index >= 15 is 0 Å². The number of hydrogen-bond acceptors (Lipinski definition) is 7. The highest BCUT2D eigenvalue weighted by atomic mass is 32.1. The van der Waals surface area contributed by atoms with Gasteiger partial charge in [0.25, 0.3) is 0 Å². The molecule has 4 rings (SSSR count). The molecule has 0 amide bonds. The lowest BCUT2D eigenvalue weighted by Gasteiger charge is -2.29. The van der Waals surface area contributed by atoms with Crippen molar-refractivity contribution in [3.8, 4) is 10.6 Å². The summed E-state index contributed by atoms with van der Waals surface area (Å²) in [5.74, 6) is 1.77. The zero-order chi connectivity index (χ0) is 15.6. The van der Waals surface area contributed by atoms with E-state index in [1.165, 1.54) is 0 Å². The van der Waals surface area contributed by atoms with Crippen molar-refractivity contribution in [1.82, 2.24) is 19.9 Å². The number of nitrogens with zero attached hydrogens (tertiary/aromatic N) is 4. The lowest BCUT2D eigenvalue weighted by Crippen LogP contribution is -2.26. The van der Waals surface area contributed by atoms with Crippen molar-refractivity contribution < 1.29 is 5.11 Å². The van der Waals surface area contributed by atoms with Crippen LogP contribution in [-0.2, 0) is 0 Å². The third kappa shape index (κ3) is 3.06. The molecule has 3 heterocycles. The van der Waals surface area contributed by atoms with Gasteiger partial charge in [0.05, 0.1) is 27.9 Å². The highest BCUT2D eigenvalue weighted by Crippen LogP contribution is 2.40. The van der Waals surface area contributed by atoms with Crippen LogP contribution < -0.4 is 5.32 Å². The van der Waals surface area contributed by atoms with E-state index < -0.39 is 0 Å². The first kappa shape index (κ1) is 14.2. The van der Waals surface area contributed by atoms with E-state index in [-0.39, 0.29) is 6.10 Å². The van der Waals surface area contributed by atoms with E-state index in [0.29, 0.717) is 11.7 Å². The minimum atomic E-state index is -0.162. The molecular formula is C16H15N5OS. The summed E-state index contributed by atoms with van der Waals surface area (Å²) >= 11 is 1.65.